The quantitative estimate of drug-likeness (QED) is 0.641. The van der Waals surface area contributed by atoms with Gasteiger partial charge >= 0.3 is 0 Å². The van der Waals surface area contributed by atoms with Crippen LogP contribution in [0, 0.1) is 5.92 Å². The molecular formula is C10H20ClNO2. The standard InChI is InChI=1S/C10H20ClNO2/c1-8(2)6-9(7-13)12-10(14)4-3-5-11/h8-9,13H,3-7H2,1-2H3,(H,12,14). The molecule has 0 saturated carbocycles. The van der Waals surface area contributed by atoms with Crippen molar-refractivity contribution in [3.8, 4) is 0 Å². The van der Waals surface area contributed by atoms with E-state index in [4.69, 9.17) is 16.7 Å². The van der Waals surface area contributed by atoms with Gasteiger partial charge in [-0.15, -0.1) is 11.6 Å². The van der Waals surface area contributed by atoms with Gasteiger partial charge in [-0.25, -0.2) is 0 Å². The molecule has 0 heterocycles. The van der Waals surface area contributed by atoms with Gasteiger partial charge in [0.2, 0.25) is 5.91 Å². The fraction of sp³-hybridized carbons (Fsp3) is 0.900. The van der Waals surface area contributed by atoms with Crippen LogP contribution in [0.2, 0.25) is 0 Å². The maximum absolute atomic E-state index is 11.3. The number of aliphatic hydroxyl groups excluding tert-OH is 1. The van der Waals surface area contributed by atoms with Crippen molar-refractivity contribution in [2.24, 2.45) is 5.92 Å². The van der Waals surface area contributed by atoms with E-state index < -0.39 is 0 Å². The first kappa shape index (κ1) is 13.7. The van der Waals surface area contributed by atoms with Crippen molar-refractivity contribution in [2.45, 2.75) is 39.2 Å². The summed E-state index contributed by atoms with van der Waals surface area (Å²) >= 11 is 5.47. The van der Waals surface area contributed by atoms with Crippen LogP contribution < -0.4 is 5.32 Å². The zero-order valence-corrected chi connectivity index (χ0v) is 9.68. The van der Waals surface area contributed by atoms with Crippen LogP contribution in [0.25, 0.3) is 0 Å². The molecule has 3 nitrogen and oxygen atoms in total. The second-order valence-corrected chi connectivity index (χ2v) is 4.25. The van der Waals surface area contributed by atoms with Gasteiger partial charge in [-0.2, -0.15) is 0 Å². The molecule has 14 heavy (non-hydrogen) atoms. The Morgan fingerprint density at radius 2 is 2.14 bits per heavy atom. The van der Waals surface area contributed by atoms with E-state index >= 15 is 0 Å². The molecule has 84 valence electrons. The van der Waals surface area contributed by atoms with Crippen LogP contribution in [0.4, 0.5) is 0 Å². The van der Waals surface area contributed by atoms with Crippen molar-refractivity contribution < 1.29 is 9.90 Å². The van der Waals surface area contributed by atoms with E-state index in [1.54, 1.807) is 0 Å². The molecule has 0 fully saturated rings. The highest BCUT2D eigenvalue weighted by Crippen LogP contribution is 2.04. The van der Waals surface area contributed by atoms with Gasteiger partial charge in [0.15, 0.2) is 0 Å². The highest BCUT2D eigenvalue weighted by molar-refractivity contribution is 6.17. The minimum Gasteiger partial charge on any atom is -0.394 e. The molecule has 1 atom stereocenters. The van der Waals surface area contributed by atoms with Crippen LogP contribution in [0.1, 0.15) is 33.1 Å². The maximum Gasteiger partial charge on any atom is 0.220 e. The van der Waals surface area contributed by atoms with E-state index in [-0.39, 0.29) is 18.6 Å². The Balaban J connectivity index is 3.74. The number of aliphatic hydroxyl groups is 1. The van der Waals surface area contributed by atoms with Gasteiger partial charge in [0.05, 0.1) is 12.6 Å². The normalized spacial score (nSPS) is 12.9. The average molecular weight is 222 g/mol. The Kier molecular flexibility index (Phi) is 7.90. The summed E-state index contributed by atoms with van der Waals surface area (Å²) in [5.41, 5.74) is 0. The molecular weight excluding hydrogens is 202 g/mol. The van der Waals surface area contributed by atoms with Gasteiger partial charge in [0.25, 0.3) is 0 Å². The lowest BCUT2D eigenvalue weighted by Gasteiger charge is -2.17. The molecule has 0 radical (unpaired) electrons. The SMILES string of the molecule is CC(C)CC(CO)NC(=O)CCCCl. The highest BCUT2D eigenvalue weighted by Gasteiger charge is 2.12. The third-order valence-electron chi connectivity index (χ3n) is 1.88. The van der Waals surface area contributed by atoms with Gasteiger partial charge in [-0.3, -0.25) is 4.79 Å². The summed E-state index contributed by atoms with van der Waals surface area (Å²) in [5.74, 6) is 0.951. The number of hydrogen-bond donors (Lipinski definition) is 2. The average Bonchev–Trinajstić information content (AvgIpc) is 2.12. The Labute approximate surface area is 90.8 Å². The third kappa shape index (κ3) is 7.15. The Hall–Kier alpha value is -0.280. The first-order valence-corrected chi connectivity index (χ1v) is 5.59. The van der Waals surface area contributed by atoms with Crippen molar-refractivity contribution >= 4 is 17.5 Å². The fourth-order valence-electron chi connectivity index (χ4n) is 1.28. The lowest BCUT2D eigenvalue weighted by atomic mass is 10.0. The van der Waals surface area contributed by atoms with Crippen LogP contribution in [0.3, 0.4) is 0 Å². The molecule has 0 aliphatic rings. The summed E-state index contributed by atoms with van der Waals surface area (Å²) in [6, 6.07) is -0.113. The Morgan fingerprint density at radius 3 is 2.57 bits per heavy atom. The molecule has 1 unspecified atom stereocenters. The van der Waals surface area contributed by atoms with Crippen molar-refractivity contribution in [1.29, 1.82) is 0 Å². The molecule has 1 amide bonds. The Morgan fingerprint density at radius 1 is 1.50 bits per heavy atom. The van der Waals surface area contributed by atoms with Gasteiger partial charge < -0.3 is 10.4 Å². The Bertz CT molecular complexity index is 162. The minimum absolute atomic E-state index is 0.00476. The van der Waals surface area contributed by atoms with E-state index in [0.717, 1.165) is 6.42 Å². The minimum atomic E-state index is -0.113. The number of halogens is 1. The summed E-state index contributed by atoms with van der Waals surface area (Å²) in [6.07, 6.45) is 1.94. The molecule has 0 aliphatic carbocycles. The van der Waals surface area contributed by atoms with Crippen molar-refractivity contribution in [2.75, 3.05) is 12.5 Å². The van der Waals surface area contributed by atoms with E-state index in [1.165, 1.54) is 0 Å². The number of rotatable bonds is 7. The maximum atomic E-state index is 11.3. The second-order valence-electron chi connectivity index (χ2n) is 3.87. The van der Waals surface area contributed by atoms with E-state index in [1.807, 2.05) is 0 Å². The molecule has 0 aliphatic heterocycles. The predicted octanol–water partition coefficient (Wildman–Crippen LogP) is 1.53. The summed E-state index contributed by atoms with van der Waals surface area (Å²) in [4.78, 5) is 11.3. The molecule has 2 N–H and O–H groups in total. The van der Waals surface area contributed by atoms with Gasteiger partial charge in [-0.05, 0) is 18.8 Å². The zero-order chi connectivity index (χ0) is 11.0. The number of amides is 1. The van der Waals surface area contributed by atoms with Crippen LogP contribution in [-0.2, 0) is 4.79 Å². The fourth-order valence-corrected chi connectivity index (χ4v) is 1.41. The first-order valence-electron chi connectivity index (χ1n) is 5.06. The highest BCUT2D eigenvalue weighted by atomic mass is 35.5. The predicted molar refractivity (Wildman–Crippen MR) is 58.4 cm³/mol. The first-order chi connectivity index (χ1) is 6.60. The number of hydrogen-bond acceptors (Lipinski definition) is 2. The molecule has 4 heteroatoms. The van der Waals surface area contributed by atoms with Gasteiger partial charge in [0, 0.05) is 12.3 Å². The second kappa shape index (κ2) is 8.06. The molecule has 0 saturated heterocycles. The molecule has 0 bridgehead atoms. The summed E-state index contributed by atoms with van der Waals surface area (Å²) in [6.45, 7) is 4.13. The molecule has 0 aromatic rings. The number of nitrogens with one attached hydrogen (secondary N) is 1. The van der Waals surface area contributed by atoms with Crippen LogP contribution in [0.5, 0.6) is 0 Å². The van der Waals surface area contributed by atoms with E-state index in [0.29, 0.717) is 24.6 Å². The largest absolute Gasteiger partial charge is 0.394 e. The monoisotopic (exact) mass is 221 g/mol. The van der Waals surface area contributed by atoms with E-state index in [9.17, 15) is 4.79 Å². The smallest absolute Gasteiger partial charge is 0.220 e. The van der Waals surface area contributed by atoms with Crippen LogP contribution in [-0.4, -0.2) is 29.5 Å². The summed E-state index contributed by atoms with van der Waals surface area (Å²) in [5, 5.41) is 11.8. The topological polar surface area (TPSA) is 49.3 Å². The number of carbonyl (C=O) groups excluding carboxylic acids is 1. The van der Waals surface area contributed by atoms with Crippen LogP contribution >= 0.6 is 11.6 Å². The number of alkyl halides is 1. The van der Waals surface area contributed by atoms with Gasteiger partial charge in [0.1, 0.15) is 0 Å². The molecule has 0 aromatic heterocycles. The van der Waals surface area contributed by atoms with Crippen molar-refractivity contribution in [1.82, 2.24) is 5.32 Å². The summed E-state index contributed by atoms with van der Waals surface area (Å²) in [7, 11) is 0. The van der Waals surface area contributed by atoms with Crippen LogP contribution in [0.15, 0.2) is 0 Å². The lowest BCUT2D eigenvalue weighted by Crippen LogP contribution is -2.38. The summed E-state index contributed by atoms with van der Waals surface area (Å²) < 4.78 is 0. The molecule has 0 spiro atoms. The van der Waals surface area contributed by atoms with Crippen molar-refractivity contribution in [3.63, 3.8) is 0 Å². The third-order valence-corrected chi connectivity index (χ3v) is 2.15. The van der Waals surface area contributed by atoms with Crippen molar-refractivity contribution in [3.05, 3.63) is 0 Å². The van der Waals surface area contributed by atoms with E-state index in [2.05, 4.69) is 19.2 Å². The number of carbonyl (C=O) groups is 1. The van der Waals surface area contributed by atoms with Gasteiger partial charge in [-0.1, -0.05) is 13.8 Å². The lowest BCUT2D eigenvalue weighted by molar-refractivity contribution is -0.122. The molecule has 0 aromatic carbocycles. The zero-order valence-electron chi connectivity index (χ0n) is 8.92. The molecule has 0 rings (SSSR count).